The van der Waals surface area contributed by atoms with Crippen LogP contribution in [0.1, 0.15) is 41.3 Å². The number of hydroxylamine groups is 1. The zero-order chi connectivity index (χ0) is 23.4. The topological polar surface area (TPSA) is 79.5 Å². The highest BCUT2D eigenvalue weighted by atomic mass is 16.5. The smallest absolute Gasteiger partial charge is 0.274 e. The molecule has 33 heavy (non-hydrogen) atoms. The quantitative estimate of drug-likeness (QED) is 0.331. The van der Waals surface area contributed by atoms with Gasteiger partial charge in [-0.3, -0.25) is 24.4 Å². The maximum absolute atomic E-state index is 13.2. The van der Waals surface area contributed by atoms with Crippen LogP contribution in [0.25, 0.3) is 11.8 Å². The Hall–Kier alpha value is -3.42. The second-order valence-corrected chi connectivity index (χ2v) is 8.46. The van der Waals surface area contributed by atoms with Crippen molar-refractivity contribution in [1.29, 1.82) is 0 Å². The summed E-state index contributed by atoms with van der Waals surface area (Å²) in [7, 11) is 1.94. The van der Waals surface area contributed by atoms with Gasteiger partial charge < -0.3 is 0 Å². The van der Waals surface area contributed by atoms with E-state index >= 15 is 0 Å². The first kappa shape index (κ1) is 22.8. The Kier molecular flexibility index (Phi) is 6.91. The highest BCUT2D eigenvalue weighted by molar-refractivity contribution is 5.90. The number of rotatable bonds is 7. The van der Waals surface area contributed by atoms with E-state index in [1.165, 1.54) is 11.6 Å². The zero-order valence-electron chi connectivity index (χ0n) is 19.1. The number of likely N-dealkylation sites (tertiary alicyclic amines) is 1. The van der Waals surface area contributed by atoms with Gasteiger partial charge in [-0.05, 0) is 62.1 Å². The van der Waals surface area contributed by atoms with E-state index in [1.807, 2.05) is 61.1 Å². The van der Waals surface area contributed by atoms with Gasteiger partial charge in [0.25, 0.3) is 11.5 Å². The second kappa shape index (κ2) is 10.0. The third-order valence-corrected chi connectivity index (χ3v) is 6.54. The zero-order valence-corrected chi connectivity index (χ0v) is 19.1. The molecule has 1 atom stereocenters. The predicted octanol–water partition coefficient (Wildman–Crippen LogP) is 3.38. The van der Waals surface area contributed by atoms with Crippen LogP contribution in [0.2, 0.25) is 0 Å². The van der Waals surface area contributed by atoms with Gasteiger partial charge in [0.1, 0.15) is 0 Å². The molecule has 2 aromatic carbocycles. The SMILES string of the molecule is Cc1c(CCN2CCCC2c2ccc(C=CC(=O)NO)cc2)c(=O)n(-c2ccccc2)n1C. The second-order valence-electron chi connectivity index (χ2n) is 8.46. The summed E-state index contributed by atoms with van der Waals surface area (Å²) >= 11 is 0. The summed E-state index contributed by atoms with van der Waals surface area (Å²) in [6, 6.07) is 18.2. The van der Waals surface area contributed by atoms with E-state index in [0.29, 0.717) is 12.5 Å². The highest BCUT2D eigenvalue weighted by Crippen LogP contribution is 2.32. The van der Waals surface area contributed by atoms with Crippen molar-refractivity contribution in [2.24, 2.45) is 7.05 Å². The Labute approximate surface area is 193 Å². The van der Waals surface area contributed by atoms with Crippen LogP contribution in [-0.2, 0) is 18.3 Å². The Morgan fingerprint density at radius 3 is 2.58 bits per heavy atom. The van der Waals surface area contributed by atoms with Gasteiger partial charge in [0, 0.05) is 37.0 Å². The minimum atomic E-state index is -0.552. The molecule has 1 fully saturated rings. The van der Waals surface area contributed by atoms with E-state index in [9.17, 15) is 9.59 Å². The number of hydrogen-bond acceptors (Lipinski definition) is 4. The number of carbonyl (C=O) groups excluding carboxylic acids is 1. The van der Waals surface area contributed by atoms with Gasteiger partial charge in [0.2, 0.25) is 0 Å². The van der Waals surface area contributed by atoms with Gasteiger partial charge in [0.05, 0.1) is 5.69 Å². The molecule has 0 saturated carbocycles. The largest absolute Gasteiger partial charge is 0.296 e. The molecule has 1 unspecified atom stereocenters. The van der Waals surface area contributed by atoms with Crippen LogP contribution >= 0.6 is 0 Å². The van der Waals surface area contributed by atoms with Crippen LogP contribution in [0.5, 0.6) is 0 Å². The summed E-state index contributed by atoms with van der Waals surface area (Å²) in [5, 5.41) is 8.59. The van der Waals surface area contributed by atoms with Crippen molar-refractivity contribution in [2.45, 2.75) is 32.2 Å². The summed E-state index contributed by atoms with van der Waals surface area (Å²) in [5.74, 6) is -0.552. The summed E-state index contributed by atoms with van der Waals surface area (Å²) in [6.07, 6.45) is 5.89. The minimum Gasteiger partial charge on any atom is -0.296 e. The number of nitrogens with one attached hydrogen (secondary N) is 1. The number of carbonyl (C=O) groups is 1. The van der Waals surface area contributed by atoms with Crippen molar-refractivity contribution in [3.05, 3.63) is 93.4 Å². The molecule has 7 nitrogen and oxygen atoms in total. The number of para-hydroxylation sites is 1. The molecule has 1 aliphatic rings. The molecule has 7 heteroatoms. The van der Waals surface area contributed by atoms with E-state index in [-0.39, 0.29) is 5.56 Å². The van der Waals surface area contributed by atoms with Crippen LogP contribution in [0, 0.1) is 6.92 Å². The van der Waals surface area contributed by atoms with Crippen LogP contribution in [0.15, 0.2) is 65.5 Å². The van der Waals surface area contributed by atoms with Crippen molar-refractivity contribution in [1.82, 2.24) is 19.7 Å². The molecule has 1 amide bonds. The standard InChI is InChI=1S/C26H30N4O3/c1-19-23(26(32)30(28(19)2)22-7-4-3-5-8-22)16-18-29-17-6-9-24(29)21-13-10-20(11-14-21)12-15-25(31)27-33/h3-5,7-8,10-15,24,33H,6,9,16-18H2,1-2H3,(H,27,31). The lowest BCUT2D eigenvalue weighted by Gasteiger charge is -2.24. The van der Waals surface area contributed by atoms with Gasteiger partial charge in [-0.1, -0.05) is 42.5 Å². The fourth-order valence-corrected chi connectivity index (χ4v) is 4.68. The molecule has 172 valence electrons. The van der Waals surface area contributed by atoms with Crippen molar-refractivity contribution < 1.29 is 10.0 Å². The summed E-state index contributed by atoms with van der Waals surface area (Å²) in [4.78, 5) is 26.8. The number of benzene rings is 2. The third-order valence-electron chi connectivity index (χ3n) is 6.54. The van der Waals surface area contributed by atoms with Crippen molar-refractivity contribution >= 4 is 12.0 Å². The molecule has 0 radical (unpaired) electrons. The lowest BCUT2D eigenvalue weighted by molar-refractivity contribution is -0.124. The van der Waals surface area contributed by atoms with E-state index in [1.54, 1.807) is 16.2 Å². The Morgan fingerprint density at radius 2 is 1.88 bits per heavy atom. The van der Waals surface area contributed by atoms with E-state index in [0.717, 1.165) is 48.4 Å². The summed E-state index contributed by atoms with van der Waals surface area (Å²) in [6.45, 7) is 3.86. The van der Waals surface area contributed by atoms with Crippen molar-refractivity contribution in [3.8, 4) is 5.69 Å². The first-order valence-corrected chi connectivity index (χ1v) is 11.3. The predicted molar refractivity (Wildman–Crippen MR) is 128 cm³/mol. The first-order valence-electron chi connectivity index (χ1n) is 11.3. The normalized spacial score (nSPS) is 16.5. The molecule has 2 N–H and O–H groups in total. The average Bonchev–Trinajstić information content (AvgIpc) is 3.39. The van der Waals surface area contributed by atoms with Crippen molar-refractivity contribution in [2.75, 3.05) is 13.1 Å². The molecule has 1 aromatic heterocycles. The van der Waals surface area contributed by atoms with Crippen LogP contribution in [0.3, 0.4) is 0 Å². The molecular weight excluding hydrogens is 416 g/mol. The summed E-state index contributed by atoms with van der Waals surface area (Å²) in [5.41, 5.74) is 6.53. The van der Waals surface area contributed by atoms with Crippen molar-refractivity contribution in [3.63, 3.8) is 0 Å². The molecule has 3 aromatic rings. The van der Waals surface area contributed by atoms with E-state index in [4.69, 9.17) is 5.21 Å². The number of hydrogen-bond donors (Lipinski definition) is 2. The monoisotopic (exact) mass is 446 g/mol. The Balaban J connectivity index is 1.48. The summed E-state index contributed by atoms with van der Waals surface area (Å²) < 4.78 is 3.69. The highest BCUT2D eigenvalue weighted by Gasteiger charge is 2.26. The van der Waals surface area contributed by atoms with Gasteiger partial charge in [-0.15, -0.1) is 0 Å². The Morgan fingerprint density at radius 1 is 1.15 bits per heavy atom. The van der Waals surface area contributed by atoms with E-state index in [2.05, 4.69) is 17.0 Å². The average molecular weight is 447 g/mol. The molecule has 0 bridgehead atoms. The molecule has 4 rings (SSSR count). The maximum Gasteiger partial charge on any atom is 0.274 e. The third kappa shape index (κ3) is 4.84. The Bertz CT molecular complexity index is 1190. The molecule has 1 aliphatic heterocycles. The molecular formula is C26H30N4O3. The van der Waals surface area contributed by atoms with Crippen LogP contribution < -0.4 is 11.0 Å². The number of aromatic nitrogens is 2. The first-order chi connectivity index (χ1) is 16.0. The number of nitrogens with zero attached hydrogens (tertiary/aromatic N) is 3. The van der Waals surface area contributed by atoms with Gasteiger partial charge >= 0.3 is 0 Å². The van der Waals surface area contributed by atoms with Gasteiger partial charge in [-0.2, -0.15) is 0 Å². The van der Waals surface area contributed by atoms with Crippen LogP contribution in [-0.4, -0.2) is 38.5 Å². The number of amides is 1. The van der Waals surface area contributed by atoms with Crippen LogP contribution in [0.4, 0.5) is 0 Å². The van der Waals surface area contributed by atoms with Gasteiger partial charge in [0.15, 0.2) is 0 Å². The van der Waals surface area contributed by atoms with Gasteiger partial charge in [-0.25, -0.2) is 10.2 Å². The lowest BCUT2D eigenvalue weighted by Crippen LogP contribution is -2.28. The fraction of sp³-hybridized carbons (Fsp3) is 0.308. The maximum atomic E-state index is 13.2. The molecule has 0 aliphatic carbocycles. The molecule has 1 saturated heterocycles. The molecule has 0 spiro atoms. The fourth-order valence-electron chi connectivity index (χ4n) is 4.68. The lowest BCUT2D eigenvalue weighted by atomic mass is 10.0. The van der Waals surface area contributed by atoms with E-state index < -0.39 is 5.91 Å². The molecule has 2 heterocycles. The minimum absolute atomic E-state index is 0.0556.